The highest BCUT2D eigenvalue weighted by Crippen LogP contribution is 2.42. The van der Waals surface area contributed by atoms with Crippen molar-refractivity contribution >= 4 is 54.3 Å². The van der Waals surface area contributed by atoms with Crippen LogP contribution < -0.4 is 0 Å². The summed E-state index contributed by atoms with van der Waals surface area (Å²) in [6.07, 6.45) is 0. The molecule has 2 heterocycles. The van der Waals surface area contributed by atoms with Gasteiger partial charge in [0.15, 0.2) is 0 Å². The molecule has 0 aliphatic rings. The Labute approximate surface area is 248 Å². The van der Waals surface area contributed by atoms with Crippen molar-refractivity contribution in [3.8, 4) is 28.3 Å². The number of nitrogens with zero attached hydrogens (tertiary/aromatic N) is 3. The first kappa shape index (κ1) is 23.9. The van der Waals surface area contributed by atoms with E-state index in [0.29, 0.717) is 0 Å². The summed E-state index contributed by atoms with van der Waals surface area (Å²) in [6.45, 7) is 0. The molecule has 9 aromatic rings. The van der Waals surface area contributed by atoms with Crippen molar-refractivity contribution in [3.63, 3.8) is 0 Å². The quantitative estimate of drug-likeness (QED) is 0.206. The summed E-state index contributed by atoms with van der Waals surface area (Å²) in [5.41, 5.74) is 7.31. The van der Waals surface area contributed by atoms with Crippen molar-refractivity contribution in [1.29, 1.82) is 0 Å². The van der Waals surface area contributed by atoms with Gasteiger partial charge >= 0.3 is 0 Å². The number of fused-ring (bicyclic) bond motifs is 9. The molecule has 7 aromatic carbocycles. The Kier molecular flexibility index (Phi) is 5.20. The molecule has 0 aliphatic carbocycles. The van der Waals surface area contributed by atoms with Gasteiger partial charge in [-0.15, -0.1) is 0 Å². The lowest BCUT2D eigenvalue weighted by Crippen LogP contribution is -1.98. The van der Waals surface area contributed by atoms with Crippen LogP contribution in [-0.4, -0.2) is 14.5 Å². The van der Waals surface area contributed by atoms with Gasteiger partial charge in [0.1, 0.15) is 5.82 Å². The molecule has 0 aliphatic heterocycles. The van der Waals surface area contributed by atoms with Crippen LogP contribution in [0.5, 0.6) is 0 Å². The molecular formula is C40H25N3. The number of hydrogen-bond acceptors (Lipinski definition) is 2. The molecule has 0 N–H and O–H groups in total. The average Bonchev–Trinajstić information content (AvgIpc) is 3.48. The second kappa shape index (κ2) is 9.37. The highest BCUT2D eigenvalue weighted by molar-refractivity contribution is 6.33. The lowest BCUT2D eigenvalue weighted by atomic mass is 9.90. The fourth-order valence-electron chi connectivity index (χ4n) is 6.67. The summed E-state index contributed by atoms with van der Waals surface area (Å²) >= 11 is 0. The highest BCUT2D eigenvalue weighted by atomic mass is 15.1. The first-order chi connectivity index (χ1) is 21.3. The number of imidazole rings is 1. The van der Waals surface area contributed by atoms with Crippen LogP contribution in [0.4, 0.5) is 0 Å². The maximum atomic E-state index is 5.32. The minimum absolute atomic E-state index is 0.932. The molecule has 2 aromatic heterocycles. The van der Waals surface area contributed by atoms with E-state index < -0.39 is 0 Å². The van der Waals surface area contributed by atoms with Crippen LogP contribution in [0.2, 0.25) is 0 Å². The predicted octanol–water partition coefficient (Wildman–Crippen LogP) is 10.4. The van der Waals surface area contributed by atoms with Gasteiger partial charge in [0.25, 0.3) is 0 Å². The smallest absolute Gasteiger partial charge is 0.145 e. The number of hydrogen-bond donors (Lipinski definition) is 0. The molecule has 0 unspecified atom stereocenters. The average molecular weight is 548 g/mol. The van der Waals surface area contributed by atoms with Gasteiger partial charge in [-0.3, -0.25) is 4.57 Å². The first-order valence-corrected chi connectivity index (χ1v) is 14.6. The minimum Gasteiger partial charge on any atom is -0.292 e. The number of aromatic nitrogens is 3. The van der Waals surface area contributed by atoms with E-state index in [0.717, 1.165) is 44.9 Å². The summed E-state index contributed by atoms with van der Waals surface area (Å²) in [5.74, 6) is 0.932. The van der Waals surface area contributed by atoms with Crippen molar-refractivity contribution in [1.82, 2.24) is 14.5 Å². The van der Waals surface area contributed by atoms with Gasteiger partial charge in [-0.1, -0.05) is 121 Å². The lowest BCUT2D eigenvalue weighted by Gasteiger charge is -2.16. The van der Waals surface area contributed by atoms with Gasteiger partial charge in [-0.2, -0.15) is 0 Å². The van der Waals surface area contributed by atoms with Gasteiger partial charge in [0, 0.05) is 33.0 Å². The molecule has 0 saturated heterocycles. The Morgan fingerprint density at radius 2 is 0.930 bits per heavy atom. The van der Waals surface area contributed by atoms with Gasteiger partial charge in [-0.25, -0.2) is 9.97 Å². The summed E-state index contributed by atoms with van der Waals surface area (Å²) in [7, 11) is 0. The Bertz CT molecular complexity index is 2490. The Morgan fingerprint density at radius 1 is 0.372 bits per heavy atom. The fraction of sp³-hybridized carbons (Fsp3) is 0. The molecule has 0 atom stereocenters. The number of para-hydroxylation sites is 3. The van der Waals surface area contributed by atoms with Gasteiger partial charge < -0.3 is 0 Å². The lowest BCUT2D eigenvalue weighted by molar-refractivity contribution is 1.10. The van der Waals surface area contributed by atoms with Crippen LogP contribution in [-0.2, 0) is 0 Å². The summed E-state index contributed by atoms with van der Waals surface area (Å²) < 4.78 is 2.25. The number of pyridine rings is 1. The summed E-state index contributed by atoms with van der Waals surface area (Å²) in [6, 6.07) is 53.5. The molecule has 3 nitrogen and oxygen atoms in total. The molecule has 0 radical (unpaired) electrons. The van der Waals surface area contributed by atoms with Crippen LogP contribution in [0.15, 0.2) is 152 Å². The van der Waals surface area contributed by atoms with E-state index in [-0.39, 0.29) is 0 Å². The Morgan fingerprint density at radius 3 is 1.65 bits per heavy atom. The highest BCUT2D eigenvalue weighted by Gasteiger charge is 2.18. The topological polar surface area (TPSA) is 30.7 Å². The minimum atomic E-state index is 0.932. The van der Waals surface area contributed by atoms with Gasteiger partial charge in [0.05, 0.1) is 22.2 Å². The van der Waals surface area contributed by atoms with Crippen molar-refractivity contribution in [3.05, 3.63) is 152 Å². The molecule has 0 amide bonds. The third-order valence-corrected chi connectivity index (χ3v) is 8.57. The summed E-state index contributed by atoms with van der Waals surface area (Å²) in [4.78, 5) is 10.3. The molecule has 43 heavy (non-hydrogen) atoms. The molecule has 0 bridgehead atoms. The van der Waals surface area contributed by atoms with E-state index >= 15 is 0 Å². The molecule has 9 rings (SSSR count). The van der Waals surface area contributed by atoms with Crippen molar-refractivity contribution in [2.45, 2.75) is 0 Å². The second-order valence-corrected chi connectivity index (χ2v) is 11.0. The van der Waals surface area contributed by atoms with E-state index in [1.54, 1.807) is 0 Å². The van der Waals surface area contributed by atoms with Crippen LogP contribution >= 0.6 is 0 Å². The first-order valence-electron chi connectivity index (χ1n) is 14.6. The maximum Gasteiger partial charge on any atom is 0.145 e. The second-order valence-electron chi connectivity index (χ2n) is 11.0. The van der Waals surface area contributed by atoms with Crippen LogP contribution in [0.25, 0.3) is 82.6 Å². The zero-order chi connectivity index (χ0) is 28.3. The Hall–Kier alpha value is -5.80. The molecule has 200 valence electrons. The fourth-order valence-corrected chi connectivity index (χ4v) is 6.67. The zero-order valence-electron chi connectivity index (χ0n) is 23.3. The standard InChI is InChI=1S/C40H25N3/c1-2-12-27(13-3-1)40-42-35-20-10-11-21-36(35)43(40)28-24-22-26(23-25-28)39-38-32-17-7-5-15-30(32)29-14-4-6-16-31(29)37(38)33-18-8-9-19-34(33)41-39/h1-25H. The van der Waals surface area contributed by atoms with Crippen molar-refractivity contribution in [2.75, 3.05) is 0 Å². The van der Waals surface area contributed by atoms with Crippen molar-refractivity contribution in [2.24, 2.45) is 0 Å². The SMILES string of the molecule is c1ccc(-c2nc3ccccc3n2-c2ccc(-c3nc4ccccc4c4c5ccccc5c5ccccc5c34)cc2)cc1. The van der Waals surface area contributed by atoms with E-state index in [2.05, 4.69) is 144 Å². The van der Waals surface area contributed by atoms with E-state index in [1.165, 1.54) is 37.7 Å². The van der Waals surface area contributed by atoms with Crippen molar-refractivity contribution < 1.29 is 0 Å². The molecular weight excluding hydrogens is 522 g/mol. The van der Waals surface area contributed by atoms with E-state index in [9.17, 15) is 0 Å². The van der Waals surface area contributed by atoms with Crippen LogP contribution in [0.3, 0.4) is 0 Å². The number of benzene rings is 7. The van der Waals surface area contributed by atoms with E-state index in [4.69, 9.17) is 9.97 Å². The summed E-state index contributed by atoms with van der Waals surface area (Å²) in [5, 5.41) is 8.62. The normalized spacial score (nSPS) is 11.7. The third-order valence-electron chi connectivity index (χ3n) is 8.57. The van der Waals surface area contributed by atoms with E-state index in [1.807, 2.05) is 12.1 Å². The molecule has 0 fully saturated rings. The van der Waals surface area contributed by atoms with Gasteiger partial charge in [-0.05, 0) is 51.9 Å². The monoisotopic (exact) mass is 547 g/mol. The van der Waals surface area contributed by atoms with Gasteiger partial charge in [0.2, 0.25) is 0 Å². The molecule has 3 heteroatoms. The molecule has 0 spiro atoms. The predicted molar refractivity (Wildman–Crippen MR) is 180 cm³/mol. The zero-order valence-corrected chi connectivity index (χ0v) is 23.3. The largest absolute Gasteiger partial charge is 0.292 e. The maximum absolute atomic E-state index is 5.32. The Balaban J connectivity index is 1.33. The molecule has 0 saturated carbocycles. The third kappa shape index (κ3) is 3.62. The van der Waals surface area contributed by atoms with Crippen LogP contribution in [0.1, 0.15) is 0 Å². The van der Waals surface area contributed by atoms with Crippen LogP contribution in [0, 0.1) is 0 Å². The number of rotatable bonds is 3.